The average Bonchev–Trinajstić information content (AvgIpc) is 1.86. The number of carbonyl (C=O) groups is 1. The highest BCUT2D eigenvalue weighted by Gasteiger charge is 2.27. The zero-order valence-corrected chi connectivity index (χ0v) is 7.30. The van der Waals surface area contributed by atoms with Crippen molar-refractivity contribution >= 4 is 5.91 Å². The number of carbonyl (C=O) groups excluding carboxylic acids is 1. The summed E-state index contributed by atoms with van der Waals surface area (Å²) >= 11 is 0. The van der Waals surface area contributed by atoms with Crippen LogP contribution in [0.3, 0.4) is 0 Å². The Morgan fingerprint density at radius 1 is 1.55 bits per heavy atom. The molecule has 11 heavy (non-hydrogen) atoms. The van der Waals surface area contributed by atoms with E-state index in [0.29, 0.717) is 0 Å². The molecule has 0 aliphatic rings. The smallest absolute Gasteiger partial charge is 0.254 e. The molecule has 0 spiro atoms. The van der Waals surface area contributed by atoms with Crippen molar-refractivity contribution in [3.8, 4) is 6.07 Å². The monoisotopic (exact) mass is 155 g/mol. The van der Waals surface area contributed by atoms with Crippen LogP contribution < -0.4 is 5.43 Å². The van der Waals surface area contributed by atoms with Crippen molar-refractivity contribution in [2.24, 2.45) is 5.41 Å². The molecule has 0 bridgehead atoms. The highest BCUT2D eigenvalue weighted by Crippen LogP contribution is 2.12. The van der Waals surface area contributed by atoms with Crippen LogP contribution in [-0.2, 0) is 4.79 Å². The van der Waals surface area contributed by atoms with E-state index in [2.05, 4.69) is 5.43 Å². The van der Waals surface area contributed by atoms with Crippen LogP contribution in [0.15, 0.2) is 0 Å². The second kappa shape index (κ2) is 3.35. The van der Waals surface area contributed by atoms with E-state index >= 15 is 0 Å². The quantitative estimate of drug-likeness (QED) is 0.576. The summed E-state index contributed by atoms with van der Waals surface area (Å²) in [4.78, 5) is 11.1. The molecule has 0 atom stereocenters. The van der Waals surface area contributed by atoms with Gasteiger partial charge in [-0.3, -0.25) is 10.2 Å². The van der Waals surface area contributed by atoms with Crippen LogP contribution in [0, 0.1) is 16.7 Å². The number of nitriles is 1. The van der Waals surface area contributed by atoms with Gasteiger partial charge in [-0.1, -0.05) is 0 Å². The van der Waals surface area contributed by atoms with Gasteiger partial charge in [-0.05, 0) is 13.8 Å². The molecule has 0 rings (SSSR count). The van der Waals surface area contributed by atoms with E-state index in [4.69, 9.17) is 5.26 Å². The van der Waals surface area contributed by atoms with Gasteiger partial charge in [0.1, 0.15) is 5.41 Å². The third kappa shape index (κ3) is 3.01. The van der Waals surface area contributed by atoms with E-state index in [1.54, 1.807) is 27.9 Å². The highest BCUT2D eigenvalue weighted by molar-refractivity contribution is 5.83. The predicted molar refractivity (Wildman–Crippen MR) is 41.2 cm³/mol. The first kappa shape index (κ1) is 9.92. The van der Waals surface area contributed by atoms with Crippen molar-refractivity contribution in [3.05, 3.63) is 0 Å². The van der Waals surface area contributed by atoms with Crippen LogP contribution in [0.2, 0.25) is 0 Å². The fraction of sp³-hybridized carbons (Fsp3) is 0.714. The summed E-state index contributed by atoms with van der Waals surface area (Å²) in [6.07, 6.45) is 0. The Hall–Kier alpha value is -1.08. The Morgan fingerprint density at radius 2 is 2.00 bits per heavy atom. The van der Waals surface area contributed by atoms with E-state index in [1.807, 2.05) is 6.07 Å². The fourth-order valence-corrected chi connectivity index (χ4v) is 0.394. The highest BCUT2D eigenvalue weighted by atomic mass is 16.2. The third-order valence-corrected chi connectivity index (χ3v) is 1.17. The Bertz CT molecular complexity index is 190. The first-order valence-electron chi connectivity index (χ1n) is 3.30. The summed E-state index contributed by atoms with van der Waals surface area (Å²) in [6.45, 7) is 3.15. The van der Waals surface area contributed by atoms with Gasteiger partial charge in [-0.15, -0.1) is 0 Å². The summed E-state index contributed by atoms with van der Waals surface area (Å²) in [5.41, 5.74) is 1.55. The molecule has 0 aromatic rings. The molecule has 4 nitrogen and oxygen atoms in total. The summed E-state index contributed by atoms with van der Waals surface area (Å²) < 4.78 is 0. The minimum absolute atomic E-state index is 0.287. The molecule has 0 saturated heterocycles. The first-order valence-corrected chi connectivity index (χ1v) is 3.30. The van der Waals surface area contributed by atoms with Gasteiger partial charge in [0.25, 0.3) is 5.91 Å². The first-order chi connectivity index (χ1) is 4.90. The van der Waals surface area contributed by atoms with Crippen LogP contribution in [0.25, 0.3) is 0 Å². The molecule has 0 aliphatic heterocycles. The molecular formula is C7H13N3O. The van der Waals surface area contributed by atoms with E-state index in [9.17, 15) is 4.79 Å². The maximum atomic E-state index is 11.1. The lowest BCUT2D eigenvalue weighted by atomic mass is 9.95. The van der Waals surface area contributed by atoms with E-state index in [0.717, 1.165) is 0 Å². The number of hydrazine groups is 1. The van der Waals surface area contributed by atoms with Gasteiger partial charge in [0.05, 0.1) is 6.07 Å². The van der Waals surface area contributed by atoms with Crippen molar-refractivity contribution in [1.82, 2.24) is 10.4 Å². The molecule has 0 aromatic carbocycles. The zero-order chi connectivity index (χ0) is 9.07. The number of rotatable bonds is 2. The van der Waals surface area contributed by atoms with Crippen LogP contribution in [-0.4, -0.2) is 25.0 Å². The second-order valence-electron chi connectivity index (χ2n) is 3.07. The van der Waals surface area contributed by atoms with Gasteiger partial charge in [0.2, 0.25) is 0 Å². The Labute approximate surface area is 66.8 Å². The number of nitrogens with zero attached hydrogens (tertiary/aromatic N) is 2. The van der Waals surface area contributed by atoms with E-state index in [1.165, 1.54) is 5.01 Å². The van der Waals surface area contributed by atoms with Crippen LogP contribution >= 0.6 is 0 Å². The molecule has 0 aromatic heterocycles. The van der Waals surface area contributed by atoms with Gasteiger partial charge in [0, 0.05) is 14.1 Å². The Morgan fingerprint density at radius 3 is 2.27 bits per heavy atom. The van der Waals surface area contributed by atoms with E-state index in [-0.39, 0.29) is 5.91 Å². The Balaban J connectivity index is 4.17. The van der Waals surface area contributed by atoms with E-state index < -0.39 is 5.41 Å². The molecule has 0 unspecified atom stereocenters. The molecule has 4 heteroatoms. The average molecular weight is 155 g/mol. The topological polar surface area (TPSA) is 56.1 Å². The van der Waals surface area contributed by atoms with Crippen molar-refractivity contribution in [2.75, 3.05) is 14.1 Å². The summed E-state index contributed by atoms with van der Waals surface area (Å²) in [5, 5.41) is 10.1. The largest absolute Gasteiger partial charge is 0.288 e. The molecule has 0 saturated carbocycles. The predicted octanol–water partition coefficient (Wildman–Crippen LogP) is 0.129. The van der Waals surface area contributed by atoms with Crippen molar-refractivity contribution < 1.29 is 4.79 Å². The molecule has 0 fully saturated rings. The Kier molecular flexibility index (Phi) is 3.02. The van der Waals surface area contributed by atoms with Gasteiger partial charge in [0.15, 0.2) is 0 Å². The molecule has 0 heterocycles. The van der Waals surface area contributed by atoms with Gasteiger partial charge in [-0.25, -0.2) is 5.01 Å². The minimum atomic E-state index is -0.954. The number of nitrogens with one attached hydrogen (secondary N) is 1. The summed E-state index contributed by atoms with van der Waals surface area (Å²) in [5.74, 6) is -0.287. The lowest BCUT2D eigenvalue weighted by molar-refractivity contribution is -0.130. The SMILES string of the molecule is CN(C)NC(=O)C(C)(C)C#N. The van der Waals surface area contributed by atoms with Crippen LogP contribution in [0.1, 0.15) is 13.8 Å². The van der Waals surface area contributed by atoms with Crippen LogP contribution in [0.4, 0.5) is 0 Å². The maximum Gasteiger partial charge on any atom is 0.254 e. The molecule has 1 N–H and O–H groups in total. The van der Waals surface area contributed by atoms with Crippen molar-refractivity contribution in [3.63, 3.8) is 0 Å². The van der Waals surface area contributed by atoms with Crippen LogP contribution in [0.5, 0.6) is 0 Å². The van der Waals surface area contributed by atoms with Crippen molar-refractivity contribution in [1.29, 1.82) is 5.26 Å². The fourth-order valence-electron chi connectivity index (χ4n) is 0.394. The molecule has 62 valence electrons. The van der Waals surface area contributed by atoms with Gasteiger partial charge < -0.3 is 0 Å². The molecule has 0 radical (unpaired) electrons. The number of hydrogen-bond donors (Lipinski definition) is 1. The van der Waals surface area contributed by atoms with Gasteiger partial charge in [-0.2, -0.15) is 5.26 Å². The van der Waals surface area contributed by atoms with Crippen molar-refractivity contribution in [2.45, 2.75) is 13.8 Å². The standard InChI is InChI=1S/C7H13N3O/c1-7(2,5-8)6(11)9-10(3)4/h1-4H3,(H,9,11). The minimum Gasteiger partial charge on any atom is -0.288 e. The zero-order valence-electron chi connectivity index (χ0n) is 7.30. The second-order valence-corrected chi connectivity index (χ2v) is 3.07. The maximum absolute atomic E-state index is 11.1. The third-order valence-electron chi connectivity index (χ3n) is 1.17. The lowest BCUT2D eigenvalue weighted by Crippen LogP contribution is -2.43. The molecular weight excluding hydrogens is 142 g/mol. The lowest BCUT2D eigenvalue weighted by Gasteiger charge is -2.18. The number of amides is 1. The summed E-state index contributed by atoms with van der Waals surface area (Å²) in [7, 11) is 3.40. The normalized spacial score (nSPS) is 10.9. The van der Waals surface area contributed by atoms with Gasteiger partial charge >= 0.3 is 0 Å². The molecule has 0 aliphatic carbocycles. The summed E-state index contributed by atoms with van der Waals surface area (Å²) in [6, 6.07) is 1.91. The molecule has 1 amide bonds. The number of hydrogen-bond acceptors (Lipinski definition) is 3.